The van der Waals surface area contributed by atoms with Crippen molar-refractivity contribution in [1.82, 2.24) is 10.2 Å². The van der Waals surface area contributed by atoms with Gasteiger partial charge in [-0.05, 0) is 14.0 Å². The van der Waals surface area contributed by atoms with Gasteiger partial charge in [-0.1, -0.05) is 30.3 Å². The molecule has 1 aromatic rings. The zero-order valence-electron chi connectivity index (χ0n) is 11.0. The summed E-state index contributed by atoms with van der Waals surface area (Å²) in [5.41, 5.74) is 0.726. The fourth-order valence-corrected chi connectivity index (χ4v) is 1.64. The summed E-state index contributed by atoms with van der Waals surface area (Å²) >= 11 is 0. The van der Waals surface area contributed by atoms with Crippen molar-refractivity contribution in [3.05, 3.63) is 35.9 Å². The minimum absolute atomic E-state index is 0.00726. The largest absolute Gasteiger partial charge is 0.355 e. The molecule has 98 valence electrons. The van der Waals surface area contributed by atoms with Crippen LogP contribution >= 0.6 is 0 Å². The van der Waals surface area contributed by atoms with Gasteiger partial charge in [0.25, 0.3) is 0 Å². The number of hydrogen-bond acceptors (Lipinski definition) is 3. The number of Topliss-reactive ketones (excluding diaryl/α,β-unsaturated/α-hetero) is 1. The molecule has 0 saturated heterocycles. The summed E-state index contributed by atoms with van der Waals surface area (Å²) in [5, 5.41) is 2.73. The number of carbonyl (C=O) groups is 2. The van der Waals surface area contributed by atoms with E-state index >= 15 is 0 Å². The molecular weight excluding hydrogens is 228 g/mol. The van der Waals surface area contributed by atoms with Gasteiger partial charge in [0.15, 0.2) is 5.78 Å². The summed E-state index contributed by atoms with van der Waals surface area (Å²) in [6.07, 6.45) is 0.430. The van der Waals surface area contributed by atoms with Gasteiger partial charge in [-0.3, -0.25) is 14.5 Å². The molecule has 0 bridgehead atoms. The first-order valence-electron chi connectivity index (χ1n) is 6.17. The van der Waals surface area contributed by atoms with Gasteiger partial charge in [-0.2, -0.15) is 0 Å². The molecule has 0 aromatic heterocycles. The van der Waals surface area contributed by atoms with Crippen molar-refractivity contribution in [2.24, 2.45) is 0 Å². The number of nitrogens with one attached hydrogen (secondary N) is 1. The Kier molecular flexibility index (Phi) is 6.08. The topological polar surface area (TPSA) is 49.4 Å². The fraction of sp³-hybridized carbons (Fsp3) is 0.429. The van der Waals surface area contributed by atoms with Crippen LogP contribution in [0.5, 0.6) is 0 Å². The normalized spacial score (nSPS) is 10.4. The number of carbonyl (C=O) groups excluding carboxylic acids is 2. The summed E-state index contributed by atoms with van der Waals surface area (Å²) in [4.78, 5) is 25.0. The van der Waals surface area contributed by atoms with E-state index in [2.05, 4.69) is 5.32 Å². The van der Waals surface area contributed by atoms with Crippen molar-refractivity contribution < 1.29 is 9.59 Å². The van der Waals surface area contributed by atoms with Crippen LogP contribution in [0, 0.1) is 0 Å². The third-order valence-corrected chi connectivity index (χ3v) is 2.60. The molecule has 0 radical (unpaired) electrons. The first-order valence-corrected chi connectivity index (χ1v) is 6.17. The van der Waals surface area contributed by atoms with Crippen molar-refractivity contribution in [3.8, 4) is 0 Å². The minimum Gasteiger partial charge on any atom is -0.355 e. The Bertz CT molecular complexity index is 390. The van der Waals surface area contributed by atoms with Crippen LogP contribution in [-0.4, -0.2) is 43.3 Å². The molecule has 0 unspecified atom stereocenters. The van der Waals surface area contributed by atoms with Crippen molar-refractivity contribution in [3.63, 3.8) is 0 Å². The maximum absolute atomic E-state index is 11.8. The molecule has 0 aliphatic rings. The van der Waals surface area contributed by atoms with Gasteiger partial charge in [-0.25, -0.2) is 0 Å². The maximum atomic E-state index is 11.8. The van der Waals surface area contributed by atoms with Gasteiger partial charge in [0.05, 0.1) is 6.54 Å². The highest BCUT2D eigenvalue weighted by molar-refractivity contribution is 5.96. The number of benzene rings is 1. The molecule has 18 heavy (non-hydrogen) atoms. The van der Waals surface area contributed by atoms with E-state index in [0.717, 1.165) is 5.56 Å². The number of amides is 1. The lowest BCUT2D eigenvalue weighted by atomic mass is 10.1. The summed E-state index contributed by atoms with van der Waals surface area (Å²) in [6.45, 7) is 3.44. The summed E-state index contributed by atoms with van der Waals surface area (Å²) in [6, 6.07) is 9.22. The molecule has 0 atom stereocenters. The van der Waals surface area contributed by atoms with E-state index in [4.69, 9.17) is 0 Å². The molecule has 0 aliphatic heterocycles. The van der Waals surface area contributed by atoms with E-state index in [1.165, 1.54) is 0 Å². The maximum Gasteiger partial charge on any atom is 0.234 e. The van der Waals surface area contributed by atoms with E-state index in [1.807, 2.05) is 49.2 Å². The standard InChI is InChI=1S/C14H20N2O2/c1-3-15-14(18)11-16(2)10-9-13(17)12-7-5-4-6-8-12/h4-8H,3,9-11H2,1-2H3,(H,15,18). The van der Waals surface area contributed by atoms with Crippen LogP contribution in [0.4, 0.5) is 0 Å². The summed E-state index contributed by atoms with van der Waals surface area (Å²) in [5.74, 6) is 0.102. The Morgan fingerprint density at radius 3 is 2.50 bits per heavy atom. The molecular formula is C14H20N2O2. The van der Waals surface area contributed by atoms with E-state index in [-0.39, 0.29) is 11.7 Å². The Morgan fingerprint density at radius 1 is 1.22 bits per heavy atom. The number of ketones is 1. The van der Waals surface area contributed by atoms with Crippen molar-refractivity contribution in [2.75, 3.05) is 26.7 Å². The molecule has 1 amide bonds. The lowest BCUT2D eigenvalue weighted by Gasteiger charge is -2.15. The van der Waals surface area contributed by atoms with Gasteiger partial charge in [0.1, 0.15) is 0 Å². The first-order chi connectivity index (χ1) is 8.63. The van der Waals surface area contributed by atoms with Gasteiger partial charge in [0.2, 0.25) is 5.91 Å². The molecule has 4 nitrogen and oxygen atoms in total. The SMILES string of the molecule is CCNC(=O)CN(C)CCC(=O)c1ccccc1. The first kappa shape index (κ1) is 14.4. The van der Waals surface area contributed by atoms with E-state index in [9.17, 15) is 9.59 Å². The van der Waals surface area contributed by atoms with Gasteiger partial charge in [0, 0.05) is 25.1 Å². The predicted molar refractivity (Wildman–Crippen MR) is 71.6 cm³/mol. The average Bonchev–Trinajstić information content (AvgIpc) is 2.37. The van der Waals surface area contributed by atoms with E-state index < -0.39 is 0 Å². The van der Waals surface area contributed by atoms with Crippen molar-refractivity contribution in [1.29, 1.82) is 0 Å². The van der Waals surface area contributed by atoms with Gasteiger partial charge < -0.3 is 5.32 Å². The van der Waals surface area contributed by atoms with Crippen LogP contribution in [0.3, 0.4) is 0 Å². The fourth-order valence-electron chi connectivity index (χ4n) is 1.64. The van der Waals surface area contributed by atoms with Crippen LogP contribution in [0.15, 0.2) is 30.3 Å². The second kappa shape index (κ2) is 7.61. The molecule has 0 fully saturated rings. The number of nitrogens with zero attached hydrogens (tertiary/aromatic N) is 1. The summed E-state index contributed by atoms with van der Waals surface area (Å²) in [7, 11) is 1.84. The molecule has 0 saturated carbocycles. The van der Waals surface area contributed by atoms with Crippen LogP contribution in [0.1, 0.15) is 23.7 Å². The summed E-state index contributed by atoms with van der Waals surface area (Å²) < 4.78 is 0. The minimum atomic E-state index is -0.00726. The average molecular weight is 248 g/mol. The number of rotatable bonds is 7. The molecule has 1 N–H and O–H groups in total. The Balaban J connectivity index is 2.32. The number of likely N-dealkylation sites (N-methyl/N-ethyl adjacent to an activating group) is 2. The van der Waals surface area contributed by atoms with Crippen molar-refractivity contribution >= 4 is 11.7 Å². The molecule has 0 heterocycles. The zero-order valence-corrected chi connectivity index (χ0v) is 11.0. The van der Waals surface area contributed by atoms with Gasteiger partial charge in [-0.15, -0.1) is 0 Å². The Hall–Kier alpha value is -1.68. The molecule has 0 spiro atoms. The van der Waals surface area contributed by atoms with Crippen LogP contribution in [0.25, 0.3) is 0 Å². The predicted octanol–water partition coefficient (Wildman–Crippen LogP) is 1.33. The smallest absolute Gasteiger partial charge is 0.234 e. The van der Waals surface area contributed by atoms with Crippen LogP contribution < -0.4 is 5.32 Å². The lowest BCUT2D eigenvalue weighted by molar-refractivity contribution is -0.121. The molecule has 1 aromatic carbocycles. The third kappa shape index (κ3) is 5.10. The van der Waals surface area contributed by atoms with Crippen LogP contribution in [-0.2, 0) is 4.79 Å². The highest BCUT2D eigenvalue weighted by Crippen LogP contribution is 2.03. The van der Waals surface area contributed by atoms with Crippen molar-refractivity contribution in [2.45, 2.75) is 13.3 Å². The quantitative estimate of drug-likeness (QED) is 0.741. The second-order valence-electron chi connectivity index (χ2n) is 4.23. The monoisotopic (exact) mass is 248 g/mol. The molecule has 4 heteroatoms. The lowest BCUT2D eigenvalue weighted by Crippen LogP contribution is -2.35. The highest BCUT2D eigenvalue weighted by atomic mass is 16.2. The molecule has 0 aliphatic carbocycles. The van der Waals surface area contributed by atoms with Gasteiger partial charge >= 0.3 is 0 Å². The number of hydrogen-bond donors (Lipinski definition) is 1. The van der Waals surface area contributed by atoms with E-state index in [1.54, 1.807) is 0 Å². The van der Waals surface area contributed by atoms with Crippen LogP contribution in [0.2, 0.25) is 0 Å². The Morgan fingerprint density at radius 2 is 1.89 bits per heavy atom. The zero-order chi connectivity index (χ0) is 13.4. The molecule has 1 rings (SSSR count). The Labute approximate surface area is 108 Å². The highest BCUT2D eigenvalue weighted by Gasteiger charge is 2.09. The third-order valence-electron chi connectivity index (χ3n) is 2.60. The second-order valence-corrected chi connectivity index (χ2v) is 4.23. The van der Waals surface area contributed by atoms with E-state index in [0.29, 0.717) is 26.1 Å².